The van der Waals surface area contributed by atoms with Gasteiger partial charge in [-0.15, -0.1) is 29.9 Å². The molecule has 2 atom stereocenters. The summed E-state index contributed by atoms with van der Waals surface area (Å²) >= 11 is 0. The Balaban J connectivity index is 0.00000113. The maximum atomic E-state index is 6.25. The fourth-order valence-electron chi connectivity index (χ4n) is 3.66. The smallest absolute Gasteiger partial charge is 0.318 e. The highest BCUT2D eigenvalue weighted by atomic mass is 35.5. The molecular weight excluding hydrogens is 361 g/mol. The van der Waals surface area contributed by atoms with E-state index in [1.807, 2.05) is 30.3 Å². The highest BCUT2D eigenvalue weighted by Gasteiger charge is 2.30. The van der Waals surface area contributed by atoms with Gasteiger partial charge >= 0.3 is 6.01 Å². The van der Waals surface area contributed by atoms with Crippen molar-refractivity contribution in [3.05, 3.63) is 41.8 Å². The summed E-state index contributed by atoms with van der Waals surface area (Å²) < 4.78 is 5.90. The van der Waals surface area contributed by atoms with Crippen LogP contribution in [0.3, 0.4) is 0 Å². The first kappa shape index (κ1) is 20.0. The summed E-state index contributed by atoms with van der Waals surface area (Å²) in [6, 6.07) is 10.7. The van der Waals surface area contributed by atoms with E-state index in [0.717, 1.165) is 25.1 Å². The molecule has 0 unspecified atom stereocenters. The molecule has 3 heterocycles. The lowest BCUT2D eigenvalue weighted by molar-refractivity contribution is 0.272. The monoisotopic (exact) mass is 385 g/mol. The normalized spacial score (nSPS) is 21.6. The number of halogens is 2. The number of aromatic nitrogens is 2. The quantitative estimate of drug-likeness (QED) is 0.875. The predicted molar refractivity (Wildman–Crippen MR) is 103 cm³/mol. The van der Waals surface area contributed by atoms with Gasteiger partial charge < -0.3 is 15.1 Å². The Labute approximate surface area is 160 Å². The fourth-order valence-corrected chi connectivity index (χ4v) is 3.66. The van der Waals surface area contributed by atoms with Gasteiger partial charge in [-0.2, -0.15) is 0 Å². The lowest BCUT2D eigenvalue weighted by Crippen LogP contribution is -2.36. The van der Waals surface area contributed by atoms with Gasteiger partial charge in [0.2, 0.25) is 5.89 Å². The maximum absolute atomic E-state index is 6.25. The second-order valence-corrected chi connectivity index (χ2v) is 6.44. The summed E-state index contributed by atoms with van der Waals surface area (Å²) in [6.45, 7) is 4.34. The number of rotatable bonds is 3. The largest absolute Gasteiger partial charge is 0.406 e. The van der Waals surface area contributed by atoms with Crippen LogP contribution in [-0.2, 0) is 0 Å². The number of nitrogens with zero attached hydrogens (tertiary/aromatic N) is 4. The molecule has 2 aliphatic heterocycles. The van der Waals surface area contributed by atoms with Crippen LogP contribution < -0.4 is 10.6 Å². The lowest BCUT2D eigenvalue weighted by Gasteiger charge is -2.24. The molecule has 2 saturated heterocycles. The second kappa shape index (κ2) is 8.85. The minimum Gasteiger partial charge on any atom is -0.406 e. The van der Waals surface area contributed by atoms with Crippen LogP contribution in [-0.4, -0.2) is 47.3 Å². The number of benzene rings is 1. The molecule has 2 aromatic rings. The number of nitrogens with two attached hydrogens (primary N) is 1. The Kier molecular flexibility index (Phi) is 7.07. The van der Waals surface area contributed by atoms with Gasteiger partial charge in [0.1, 0.15) is 6.04 Å². The van der Waals surface area contributed by atoms with Gasteiger partial charge in [0.05, 0.1) is 0 Å². The van der Waals surface area contributed by atoms with E-state index in [4.69, 9.17) is 10.2 Å². The van der Waals surface area contributed by atoms with Gasteiger partial charge in [0, 0.05) is 25.7 Å². The van der Waals surface area contributed by atoms with Crippen LogP contribution in [0, 0.1) is 0 Å². The molecule has 2 N–H and O–H groups in total. The van der Waals surface area contributed by atoms with E-state index in [-0.39, 0.29) is 30.9 Å². The van der Waals surface area contributed by atoms with Crippen LogP contribution in [0.25, 0.3) is 0 Å². The SMILES string of the molecule is Cl.Cl.N[C@H](c1ccccc1)c1nnc(N2CCCN3CCC[C@H]3C2)o1. The Morgan fingerprint density at radius 3 is 2.60 bits per heavy atom. The fraction of sp³-hybridized carbons (Fsp3) is 0.529. The highest BCUT2D eigenvalue weighted by Crippen LogP contribution is 2.26. The number of hydrogen-bond acceptors (Lipinski definition) is 6. The van der Waals surface area contributed by atoms with Crippen LogP contribution in [0.4, 0.5) is 6.01 Å². The zero-order valence-corrected chi connectivity index (χ0v) is 15.7. The third-order valence-electron chi connectivity index (χ3n) is 4.93. The molecule has 8 heteroatoms. The molecule has 0 amide bonds. The van der Waals surface area contributed by atoms with Crippen molar-refractivity contribution in [3.63, 3.8) is 0 Å². The van der Waals surface area contributed by atoms with Gasteiger partial charge in [-0.25, -0.2) is 0 Å². The number of fused-ring (bicyclic) bond motifs is 1. The third kappa shape index (κ3) is 4.26. The van der Waals surface area contributed by atoms with Crippen molar-refractivity contribution in [1.82, 2.24) is 15.1 Å². The van der Waals surface area contributed by atoms with Crippen molar-refractivity contribution >= 4 is 30.8 Å². The molecular formula is C17H25Cl2N5O. The first-order valence-electron chi connectivity index (χ1n) is 8.44. The summed E-state index contributed by atoms with van der Waals surface area (Å²) in [5.74, 6) is 0.485. The van der Waals surface area contributed by atoms with Gasteiger partial charge in [0.25, 0.3) is 0 Å². The van der Waals surface area contributed by atoms with E-state index in [1.165, 1.54) is 25.9 Å². The molecule has 0 saturated carbocycles. The molecule has 1 aromatic carbocycles. The first-order chi connectivity index (χ1) is 11.3. The van der Waals surface area contributed by atoms with E-state index in [2.05, 4.69) is 20.0 Å². The van der Waals surface area contributed by atoms with Crippen molar-refractivity contribution in [2.24, 2.45) is 5.73 Å². The van der Waals surface area contributed by atoms with Crippen LogP contribution in [0.5, 0.6) is 0 Å². The van der Waals surface area contributed by atoms with Crippen molar-refractivity contribution < 1.29 is 4.42 Å². The van der Waals surface area contributed by atoms with Gasteiger partial charge in [-0.05, 0) is 31.4 Å². The topological polar surface area (TPSA) is 71.4 Å². The van der Waals surface area contributed by atoms with E-state index in [9.17, 15) is 0 Å². The first-order valence-corrected chi connectivity index (χ1v) is 8.44. The molecule has 2 fully saturated rings. The molecule has 0 aliphatic carbocycles. The standard InChI is InChI=1S/C17H23N5O.2ClH/c18-15(13-6-2-1-3-7-13)16-19-20-17(23-16)22-11-5-10-21-9-4-8-14(21)12-22;;/h1-3,6-7,14-15H,4-5,8-12,18H2;2*1H/t14-,15+;;/m0../s1. The zero-order valence-electron chi connectivity index (χ0n) is 14.1. The van der Waals surface area contributed by atoms with Gasteiger partial charge in [0.15, 0.2) is 0 Å². The average Bonchev–Trinajstić information content (AvgIpc) is 3.20. The average molecular weight is 386 g/mol. The summed E-state index contributed by atoms with van der Waals surface area (Å²) in [6.07, 6.45) is 3.70. The Morgan fingerprint density at radius 1 is 1.04 bits per heavy atom. The van der Waals surface area contributed by atoms with Gasteiger partial charge in [-0.1, -0.05) is 35.4 Å². The summed E-state index contributed by atoms with van der Waals surface area (Å²) in [5.41, 5.74) is 7.24. The third-order valence-corrected chi connectivity index (χ3v) is 4.93. The van der Waals surface area contributed by atoms with E-state index in [1.54, 1.807) is 0 Å². The Hall–Kier alpha value is -1.34. The van der Waals surface area contributed by atoms with Crippen LogP contribution in [0.2, 0.25) is 0 Å². The summed E-state index contributed by atoms with van der Waals surface area (Å²) in [5, 5.41) is 8.44. The molecule has 0 spiro atoms. The van der Waals surface area contributed by atoms with E-state index < -0.39 is 0 Å². The maximum Gasteiger partial charge on any atom is 0.318 e. The molecule has 138 valence electrons. The Bertz CT molecular complexity index is 653. The Morgan fingerprint density at radius 2 is 1.80 bits per heavy atom. The molecule has 6 nitrogen and oxygen atoms in total. The van der Waals surface area contributed by atoms with Crippen molar-refractivity contribution in [3.8, 4) is 0 Å². The molecule has 25 heavy (non-hydrogen) atoms. The van der Waals surface area contributed by atoms with Crippen LogP contribution in [0.1, 0.15) is 36.8 Å². The zero-order chi connectivity index (χ0) is 15.6. The van der Waals surface area contributed by atoms with Crippen molar-refractivity contribution in [2.75, 3.05) is 31.1 Å². The highest BCUT2D eigenvalue weighted by molar-refractivity contribution is 5.85. The molecule has 0 radical (unpaired) electrons. The number of hydrogen-bond donors (Lipinski definition) is 1. The predicted octanol–water partition coefficient (Wildman–Crippen LogP) is 2.64. The minimum atomic E-state index is -0.368. The van der Waals surface area contributed by atoms with Crippen LogP contribution in [0.15, 0.2) is 34.7 Å². The summed E-state index contributed by atoms with van der Waals surface area (Å²) in [7, 11) is 0. The number of anilines is 1. The van der Waals surface area contributed by atoms with E-state index in [0.29, 0.717) is 17.9 Å². The molecule has 0 bridgehead atoms. The second-order valence-electron chi connectivity index (χ2n) is 6.44. The molecule has 2 aliphatic rings. The lowest BCUT2D eigenvalue weighted by atomic mass is 10.1. The van der Waals surface area contributed by atoms with E-state index >= 15 is 0 Å². The summed E-state index contributed by atoms with van der Waals surface area (Å²) in [4.78, 5) is 4.82. The molecule has 4 rings (SSSR count). The van der Waals surface area contributed by atoms with Crippen LogP contribution >= 0.6 is 24.8 Å². The van der Waals surface area contributed by atoms with Crippen molar-refractivity contribution in [1.29, 1.82) is 0 Å². The van der Waals surface area contributed by atoms with Gasteiger partial charge in [-0.3, -0.25) is 4.90 Å². The minimum absolute atomic E-state index is 0. The molecule has 1 aromatic heterocycles. The van der Waals surface area contributed by atoms with Crippen molar-refractivity contribution in [2.45, 2.75) is 31.3 Å².